The second-order valence-electron chi connectivity index (χ2n) is 8.61. The van der Waals surface area contributed by atoms with Crippen LogP contribution in [0.15, 0.2) is 59.5 Å². The van der Waals surface area contributed by atoms with Gasteiger partial charge in [-0.2, -0.15) is 4.31 Å². The lowest BCUT2D eigenvalue weighted by molar-refractivity contribution is -0.130. The Labute approximate surface area is 183 Å². The van der Waals surface area contributed by atoms with Gasteiger partial charge >= 0.3 is 0 Å². The first-order valence-electron chi connectivity index (χ1n) is 10.5. The summed E-state index contributed by atoms with van der Waals surface area (Å²) in [5, 5.41) is 11.2. The molecule has 2 N–H and O–H groups in total. The van der Waals surface area contributed by atoms with Crippen molar-refractivity contribution in [2.45, 2.75) is 36.6 Å². The van der Waals surface area contributed by atoms with Crippen LogP contribution in [0.5, 0.6) is 0 Å². The van der Waals surface area contributed by atoms with Crippen LogP contribution in [0.2, 0.25) is 0 Å². The molecule has 7 nitrogen and oxygen atoms in total. The highest BCUT2D eigenvalue weighted by Crippen LogP contribution is 2.34. The van der Waals surface area contributed by atoms with Crippen molar-refractivity contribution in [3.05, 3.63) is 54.6 Å². The number of rotatable bonds is 4. The monoisotopic (exact) mass is 440 g/mol. The van der Waals surface area contributed by atoms with E-state index in [9.17, 15) is 13.2 Å². The number of nitrogens with one attached hydrogen (secondary N) is 2. The maximum absolute atomic E-state index is 13.3. The average Bonchev–Trinajstić information content (AvgIpc) is 2.78. The minimum absolute atomic E-state index is 0.0578. The minimum atomic E-state index is -3.64. The summed E-state index contributed by atoms with van der Waals surface area (Å²) in [6, 6.07) is 16.8. The summed E-state index contributed by atoms with van der Waals surface area (Å²) in [5.41, 5.74) is 1.38. The van der Waals surface area contributed by atoms with Gasteiger partial charge in [-0.25, -0.2) is 8.42 Å². The van der Waals surface area contributed by atoms with Crippen molar-refractivity contribution in [1.29, 1.82) is 5.41 Å². The van der Waals surface area contributed by atoms with Crippen LogP contribution in [0, 0.1) is 11.3 Å². The Balaban J connectivity index is 1.53. The fourth-order valence-electron chi connectivity index (χ4n) is 4.48. The normalized spacial score (nSPS) is 25.4. The third kappa shape index (κ3) is 4.09. The summed E-state index contributed by atoms with van der Waals surface area (Å²) in [7, 11) is -2.06. The highest BCUT2D eigenvalue weighted by molar-refractivity contribution is 7.89. The second kappa shape index (κ2) is 8.09. The molecular weight excluding hydrogens is 412 g/mol. The number of guanidine groups is 1. The number of hydrogen-bond acceptors (Lipinski definition) is 4. The van der Waals surface area contributed by atoms with E-state index < -0.39 is 15.6 Å². The highest BCUT2D eigenvalue weighted by atomic mass is 32.2. The van der Waals surface area contributed by atoms with Crippen molar-refractivity contribution in [3.8, 4) is 11.1 Å². The third-order valence-electron chi connectivity index (χ3n) is 6.52. The van der Waals surface area contributed by atoms with Gasteiger partial charge in [-0.05, 0) is 48.9 Å². The van der Waals surface area contributed by atoms with Crippen molar-refractivity contribution in [3.63, 3.8) is 0 Å². The Morgan fingerprint density at radius 3 is 2.35 bits per heavy atom. The summed E-state index contributed by atoms with van der Waals surface area (Å²) in [5.74, 6) is -0.115. The summed E-state index contributed by atoms with van der Waals surface area (Å²) < 4.78 is 28.2. The van der Waals surface area contributed by atoms with Gasteiger partial charge in [0.25, 0.3) is 0 Å². The molecule has 164 valence electrons. The highest BCUT2D eigenvalue weighted by Gasteiger charge is 2.45. The molecule has 0 bridgehead atoms. The van der Waals surface area contributed by atoms with Crippen LogP contribution < -0.4 is 5.32 Å². The molecule has 0 spiro atoms. The molecule has 8 heteroatoms. The molecule has 0 radical (unpaired) electrons. The second-order valence-corrected chi connectivity index (χ2v) is 10.6. The molecule has 2 heterocycles. The number of carbonyl (C=O) groups excluding carboxylic acids is 1. The summed E-state index contributed by atoms with van der Waals surface area (Å²) in [6.45, 7) is 2.71. The molecular formula is C23H28N4O3S. The van der Waals surface area contributed by atoms with Crippen LogP contribution >= 0.6 is 0 Å². The molecule has 2 aromatic carbocycles. The van der Waals surface area contributed by atoms with Crippen LogP contribution in [-0.4, -0.2) is 55.2 Å². The third-order valence-corrected chi connectivity index (χ3v) is 8.40. The predicted molar refractivity (Wildman–Crippen MR) is 120 cm³/mol. The van der Waals surface area contributed by atoms with E-state index in [0.717, 1.165) is 24.0 Å². The topological polar surface area (TPSA) is 93.6 Å². The molecule has 4 rings (SSSR count). The number of nitrogens with zero attached hydrogens (tertiary/aromatic N) is 2. The van der Waals surface area contributed by atoms with Crippen molar-refractivity contribution >= 4 is 21.9 Å². The average molecular weight is 441 g/mol. The molecule has 0 aliphatic carbocycles. The Morgan fingerprint density at radius 1 is 1.06 bits per heavy atom. The zero-order chi connectivity index (χ0) is 22.2. The minimum Gasteiger partial charge on any atom is -0.350 e. The zero-order valence-electron chi connectivity index (χ0n) is 17.8. The Bertz CT molecular complexity index is 1070. The number of benzene rings is 2. The van der Waals surface area contributed by atoms with Crippen LogP contribution in [0.1, 0.15) is 26.2 Å². The predicted octanol–water partition coefficient (Wildman–Crippen LogP) is 2.90. The number of piperidine rings is 1. The van der Waals surface area contributed by atoms with E-state index in [1.807, 2.05) is 49.4 Å². The van der Waals surface area contributed by atoms with Crippen LogP contribution in [0.3, 0.4) is 0 Å². The number of amides is 1. The van der Waals surface area contributed by atoms with Crippen molar-refractivity contribution in [2.24, 2.45) is 5.92 Å². The molecule has 0 saturated carbocycles. The summed E-state index contributed by atoms with van der Waals surface area (Å²) in [6.07, 6.45) is 1.78. The maximum Gasteiger partial charge on any atom is 0.243 e. The van der Waals surface area contributed by atoms with Crippen molar-refractivity contribution < 1.29 is 13.2 Å². The number of carbonyl (C=O) groups is 1. The van der Waals surface area contributed by atoms with Crippen LogP contribution in [0.4, 0.5) is 0 Å². The smallest absolute Gasteiger partial charge is 0.243 e. The molecule has 2 aromatic rings. The number of hydrogen-bond donors (Lipinski definition) is 2. The first-order valence-corrected chi connectivity index (χ1v) is 11.9. The molecule has 1 unspecified atom stereocenters. The van der Waals surface area contributed by atoms with E-state index in [2.05, 4.69) is 5.32 Å². The maximum atomic E-state index is 13.3. The largest absolute Gasteiger partial charge is 0.350 e. The molecule has 1 amide bonds. The van der Waals surface area contributed by atoms with Gasteiger partial charge in [-0.15, -0.1) is 0 Å². The fourth-order valence-corrected chi connectivity index (χ4v) is 6.01. The van der Waals surface area contributed by atoms with Crippen LogP contribution in [-0.2, 0) is 14.8 Å². The molecule has 2 saturated heterocycles. The summed E-state index contributed by atoms with van der Waals surface area (Å²) in [4.78, 5) is 13.9. The molecule has 2 aliphatic rings. The van der Waals surface area contributed by atoms with E-state index in [4.69, 9.17) is 5.41 Å². The van der Waals surface area contributed by atoms with E-state index in [1.165, 1.54) is 9.21 Å². The van der Waals surface area contributed by atoms with Gasteiger partial charge in [-0.1, -0.05) is 42.5 Å². The summed E-state index contributed by atoms with van der Waals surface area (Å²) >= 11 is 0. The first-order chi connectivity index (χ1) is 14.7. The fraction of sp³-hybridized carbons (Fsp3) is 0.391. The van der Waals surface area contributed by atoms with Gasteiger partial charge in [0.2, 0.25) is 15.9 Å². The zero-order valence-corrected chi connectivity index (χ0v) is 18.7. The quantitative estimate of drug-likeness (QED) is 0.764. The molecule has 0 aromatic heterocycles. The molecule has 31 heavy (non-hydrogen) atoms. The molecule has 2 fully saturated rings. The van der Waals surface area contributed by atoms with Gasteiger partial charge < -0.3 is 5.32 Å². The van der Waals surface area contributed by atoms with Gasteiger partial charge in [0.1, 0.15) is 0 Å². The standard InChI is InChI=1S/C23H28N4O3S/c1-23(15-21(28)26(2)22(24)25-23)19-9-6-14-27(16-19)31(29,30)20-12-10-18(11-13-20)17-7-4-3-5-8-17/h3-5,7-8,10-13,19H,6,9,14-16H2,1-2H3,(H2,24,25)/t19?,23-/m0/s1. The van der Waals surface area contributed by atoms with E-state index in [1.54, 1.807) is 19.2 Å². The lowest BCUT2D eigenvalue weighted by Gasteiger charge is -2.47. The Morgan fingerprint density at radius 2 is 1.71 bits per heavy atom. The number of sulfonamides is 1. The van der Waals surface area contributed by atoms with Gasteiger partial charge in [0.15, 0.2) is 5.96 Å². The Hall–Kier alpha value is -2.71. The lowest BCUT2D eigenvalue weighted by atomic mass is 9.77. The van der Waals surface area contributed by atoms with Crippen LogP contribution in [0.25, 0.3) is 11.1 Å². The van der Waals surface area contributed by atoms with Crippen molar-refractivity contribution in [1.82, 2.24) is 14.5 Å². The molecule has 2 aliphatic heterocycles. The van der Waals surface area contributed by atoms with Gasteiger partial charge in [0, 0.05) is 20.1 Å². The SMILES string of the molecule is CN1C(=N)N[C@](C)(C2CCCN(S(=O)(=O)c3ccc(-c4ccccc4)cc3)C2)CC1=O. The first kappa shape index (κ1) is 21.5. The van der Waals surface area contributed by atoms with E-state index >= 15 is 0 Å². The van der Waals surface area contributed by atoms with E-state index in [0.29, 0.717) is 13.1 Å². The van der Waals surface area contributed by atoms with E-state index in [-0.39, 0.29) is 29.1 Å². The molecule has 2 atom stereocenters. The van der Waals surface area contributed by atoms with Gasteiger partial charge in [0.05, 0.1) is 16.9 Å². The Kier molecular flexibility index (Phi) is 5.61. The lowest BCUT2D eigenvalue weighted by Crippen LogP contribution is -2.65. The van der Waals surface area contributed by atoms with Gasteiger partial charge in [-0.3, -0.25) is 15.1 Å². The van der Waals surface area contributed by atoms with Crippen molar-refractivity contribution in [2.75, 3.05) is 20.1 Å².